The van der Waals surface area contributed by atoms with E-state index in [0.717, 1.165) is 0 Å². The van der Waals surface area contributed by atoms with E-state index in [4.69, 9.17) is 4.55 Å². The van der Waals surface area contributed by atoms with Crippen LogP contribution in [0.3, 0.4) is 0 Å². The molecule has 0 saturated heterocycles. The van der Waals surface area contributed by atoms with Crippen LogP contribution in [0.25, 0.3) is 0 Å². The lowest BCUT2D eigenvalue weighted by molar-refractivity contribution is -0.0437. The summed E-state index contributed by atoms with van der Waals surface area (Å²) < 4.78 is 71.3. The Morgan fingerprint density at radius 2 is 1.75 bits per heavy atom. The smallest absolute Gasteiger partial charge is 0.305 e. The Kier molecular flexibility index (Phi) is 3.26. The van der Waals surface area contributed by atoms with Gasteiger partial charge in [-0.25, -0.2) is 12.6 Å². The molecule has 0 aliphatic heterocycles. The molecule has 0 radical (unpaired) electrons. The number of alkyl halides is 3. The van der Waals surface area contributed by atoms with E-state index in [1.807, 2.05) is 0 Å². The monoisotopic (exact) mass is 226 g/mol. The van der Waals surface area contributed by atoms with Crippen molar-refractivity contribution in [3.63, 3.8) is 0 Å². The van der Waals surface area contributed by atoms with E-state index in [0.29, 0.717) is 6.92 Å². The van der Waals surface area contributed by atoms with Crippen molar-refractivity contribution in [2.75, 3.05) is 0 Å². The summed E-state index contributed by atoms with van der Waals surface area (Å²) in [5.41, 5.74) is -5.48. The van der Waals surface area contributed by atoms with Gasteiger partial charge in [-0.1, -0.05) is 0 Å². The maximum Gasteiger partial charge on any atom is 0.498 e. The number of rotatable bonds is 2. The maximum absolute atomic E-state index is 11.6. The standard InChI is InChI=1S/C3H5F3O4S2/c1-2(11(7)8)12(9,10)3(4,5)6/h2H,1H3,(H,7,8). The fourth-order valence-corrected chi connectivity index (χ4v) is 1.87. The zero-order chi connectivity index (χ0) is 10.2. The quantitative estimate of drug-likeness (QED) is 0.695. The van der Waals surface area contributed by atoms with E-state index in [9.17, 15) is 25.8 Å². The van der Waals surface area contributed by atoms with E-state index in [1.165, 1.54) is 0 Å². The maximum atomic E-state index is 11.6. The van der Waals surface area contributed by atoms with Crippen molar-refractivity contribution in [3.05, 3.63) is 0 Å². The van der Waals surface area contributed by atoms with Crippen molar-refractivity contribution in [1.82, 2.24) is 0 Å². The van der Waals surface area contributed by atoms with Crippen molar-refractivity contribution >= 4 is 20.9 Å². The normalized spacial score (nSPS) is 18.8. The molecular formula is C3H5F3O4S2. The van der Waals surface area contributed by atoms with E-state index in [1.54, 1.807) is 0 Å². The van der Waals surface area contributed by atoms with Gasteiger partial charge in [0.1, 0.15) is 0 Å². The van der Waals surface area contributed by atoms with Crippen LogP contribution >= 0.6 is 0 Å². The highest BCUT2D eigenvalue weighted by molar-refractivity contribution is 8.04. The molecule has 0 fully saturated rings. The van der Waals surface area contributed by atoms with Crippen LogP contribution in [0.15, 0.2) is 0 Å². The zero-order valence-electron chi connectivity index (χ0n) is 5.70. The summed E-state index contributed by atoms with van der Waals surface area (Å²) in [5.74, 6) is 0. The van der Waals surface area contributed by atoms with Crippen molar-refractivity contribution < 1.29 is 30.4 Å². The molecule has 0 aromatic rings. The first-order chi connectivity index (χ1) is 5.10. The van der Waals surface area contributed by atoms with Gasteiger partial charge in [0.25, 0.3) is 9.84 Å². The average Bonchev–Trinajstić information content (AvgIpc) is 1.83. The lowest BCUT2D eigenvalue weighted by atomic mass is 11.0. The predicted octanol–water partition coefficient (Wildman–Crippen LogP) is 0.489. The molecule has 0 aromatic heterocycles. The van der Waals surface area contributed by atoms with Gasteiger partial charge in [0.2, 0.25) is 0 Å². The molecule has 0 rings (SSSR count). The van der Waals surface area contributed by atoms with Crippen molar-refractivity contribution in [2.45, 2.75) is 17.0 Å². The summed E-state index contributed by atoms with van der Waals surface area (Å²) in [4.78, 5) is 0. The number of hydrogen-bond donors (Lipinski definition) is 1. The van der Waals surface area contributed by atoms with Crippen LogP contribution < -0.4 is 0 Å². The fraction of sp³-hybridized carbons (Fsp3) is 1.00. The highest BCUT2D eigenvalue weighted by Crippen LogP contribution is 2.27. The van der Waals surface area contributed by atoms with Gasteiger partial charge >= 0.3 is 5.51 Å². The molecule has 0 aliphatic rings. The third-order valence-corrected chi connectivity index (χ3v) is 4.38. The largest absolute Gasteiger partial charge is 0.498 e. The molecule has 74 valence electrons. The lowest BCUT2D eigenvalue weighted by Gasteiger charge is -2.11. The van der Waals surface area contributed by atoms with Gasteiger partial charge in [-0.05, 0) is 6.92 Å². The molecule has 2 atom stereocenters. The van der Waals surface area contributed by atoms with E-state index >= 15 is 0 Å². The first-order valence-electron chi connectivity index (χ1n) is 2.50. The Morgan fingerprint density at radius 3 is 1.83 bits per heavy atom. The van der Waals surface area contributed by atoms with Gasteiger partial charge in [-0.15, -0.1) is 0 Å². The van der Waals surface area contributed by atoms with E-state index < -0.39 is 31.0 Å². The summed E-state index contributed by atoms with van der Waals surface area (Å²) in [7, 11) is -5.53. The molecule has 1 N–H and O–H groups in total. The Morgan fingerprint density at radius 1 is 1.42 bits per heavy atom. The van der Waals surface area contributed by atoms with Gasteiger partial charge in [0.05, 0.1) is 0 Å². The Hall–Kier alpha value is -0.150. The summed E-state index contributed by atoms with van der Waals surface area (Å²) in [5, 5.41) is 0. The van der Waals surface area contributed by atoms with Gasteiger partial charge < -0.3 is 4.55 Å². The van der Waals surface area contributed by atoms with Gasteiger partial charge in [0.15, 0.2) is 15.7 Å². The minimum atomic E-state index is -5.53. The molecule has 12 heavy (non-hydrogen) atoms. The SMILES string of the molecule is CC(S(=O)O)S(=O)(=O)C(F)(F)F. The fourth-order valence-electron chi connectivity index (χ4n) is 0.297. The first kappa shape index (κ1) is 11.8. The van der Waals surface area contributed by atoms with Crippen LogP contribution in [0.2, 0.25) is 0 Å². The highest BCUT2D eigenvalue weighted by Gasteiger charge is 2.51. The van der Waals surface area contributed by atoms with Crippen LogP contribution in [0, 0.1) is 0 Å². The minimum absolute atomic E-state index is 0.513. The van der Waals surface area contributed by atoms with Crippen LogP contribution in [-0.2, 0) is 20.9 Å². The van der Waals surface area contributed by atoms with Crippen LogP contribution in [0.1, 0.15) is 6.92 Å². The van der Waals surface area contributed by atoms with Gasteiger partial charge in [-0.3, -0.25) is 0 Å². The second-order valence-corrected chi connectivity index (χ2v) is 5.65. The van der Waals surface area contributed by atoms with Gasteiger partial charge in [-0.2, -0.15) is 13.2 Å². The van der Waals surface area contributed by atoms with Crippen LogP contribution in [-0.4, -0.2) is 27.3 Å². The third kappa shape index (κ3) is 2.17. The molecule has 0 amide bonds. The predicted molar refractivity (Wildman–Crippen MR) is 35.2 cm³/mol. The molecule has 0 bridgehead atoms. The van der Waals surface area contributed by atoms with Gasteiger partial charge in [0, 0.05) is 0 Å². The Balaban J connectivity index is 5.03. The summed E-state index contributed by atoms with van der Waals surface area (Å²) >= 11 is -3.03. The first-order valence-corrected chi connectivity index (χ1v) is 5.22. The Bertz CT molecular complexity index is 278. The number of halogens is 3. The molecular weight excluding hydrogens is 221 g/mol. The summed E-state index contributed by atoms with van der Waals surface area (Å²) in [6, 6.07) is 0. The summed E-state index contributed by atoms with van der Waals surface area (Å²) in [6.45, 7) is 0.513. The van der Waals surface area contributed by atoms with Crippen molar-refractivity contribution in [3.8, 4) is 0 Å². The Labute approximate surface area is 69.0 Å². The molecule has 0 aliphatic carbocycles. The topological polar surface area (TPSA) is 71.4 Å². The zero-order valence-corrected chi connectivity index (χ0v) is 7.33. The molecule has 4 nitrogen and oxygen atoms in total. The molecule has 0 aromatic carbocycles. The molecule has 0 spiro atoms. The van der Waals surface area contributed by atoms with E-state index in [2.05, 4.69) is 0 Å². The minimum Gasteiger partial charge on any atom is -0.305 e. The van der Waals surface area contributed by atoms with Crippen molar-refractivity contribution in [1.29, 1.82) is 0 Å². The second-order valence-electron chi connectivity index (χ2n) is 1.83. The highest BCUT2D eigenvalue weighted by atomic mass is 32.3. The van der Waals surface area contributed by atoms with E-state index in [-0.39, 0.29) is 0 Å². The lowest BCUT2D eigenvalue weighted by Crippen LogP contribution is -2.34. The van der Waals surface area contributed by atoms with Crippen molar-refractivity contribution in [2.24, 2.45) is 0 Å². The average molecular weight is 226 g/mol. The number of hydrogen-bond acceptors (Lipinski definition) is 3. The second kappa shape index (κ2) is 3.30. The summed E-state index contributed by atoms with van der Waals surface area (Å²) in [6.07, 6.45) is 0. The number of sulfone groups is 1. The molecule has 9 heteroatoms. The van der Waals surface area contributed by atoms with Crippen LogP contribution in [0.4, 0.5) is 13.2 Å². The molecule has 2 unspecified atom stereocenters. The molecule has 0 heterocycles. The third-order valence-electron chi connectivity index (χ3n) is 1.04. The van der Waals surface area contributed by atoms with Crippen LogP contribution in [0.5, 0.6) is 0 Å². The molecule has 0 saturated carbocycles.